The van der Waals surface area contributed by atoms with Gasteiger partial charge in [-0.25, -0.2) is 14.2 Å². The van der Waals surface area contributed by atoms with Crippen molar-refractivity contribution in [3.05, 3.63) is 88.3 Å². The summed E-state index contributed by atoms with van der Waals surface area (Å²) < 4.78 is 24.2. The summed E-state index contributed by atoms with van der Waals surface area (Å²) in [5, 5.41) is 3.52. The lowest BCUT2D eigenvalue weighted by Crippen LogP contribution is -2.36. The molecule has 186 valence electrons. The van der Waals surface area contributed by atoms with Crippen molar-refractivity contribution in [1.29, 1.82) is 0 Å². The molecule has 0 bridgehead atoms. The van der Waals surface area contributed by atoms with Gasteiger partial charge in [-0.05, 0) is 48.7 Å². The van der Waals surface area contributed by atoms with E-state index >= 15 is 0 Å². The van der Waals surface area contributed by atoms with Gasteiger partial charge in [0.1, 0.15) is 23.5 Å². The van der Waals surface area contributed by atoms with Gasteiger partial charge in [0.15, 0.2) is 0 Å². The minimum Gasteiger partial charge on any atom is -0.488 e. The van der Waals surface area contributed by atoms with Gasteiger partial charge in [0.2, 0.25) is 0 Å². The van der Waals surface area contributed by atoms with Crippen LogP contribution in [0.3, 0.4) is 0 Å². The van der Waals surface area contributed by atoms with Crippen molar-refractivity contribution in [3.8, 4) is 5.75 Å². The second-order valence-electron chi connectivity index (χ2n) is 9.06. The first-order valence-corrected chi connectivity index (χ1v) is 12.1. The fraction of sp³-hybridized carbons (Fsp3) is 0.296. The lowest BCUT2D eigenvalue weighted by Gasteiger charge is -2.23. The summed E-state index contributed by atoms with van der Waals surface area (Å²) in [6.07, 6.45) is 3.63. The highest BCUT2D eigenvalue weighted by atomic mass is 35.5. The van der Waals surface area contributed by atoms with Gasteiger partial charge in [-0.1, -0.05) is 29.8 Å². The number of hydrogen-bond acceptors (Lipinski definition) is 6. The predicted molar refractivity (Wildman–Crippen MR) is 133 cm³/mol. The third-order valence-electron chi connectivity index (χ3n) is 6.58. The van der Waals surface area contributed by atoms with Crippen LogP contribution in [0.2, 0.25) is 5.02 Å². The lowest BCUT2D eigenvalue weighted by atomic mass is 10.0. The highest BCUT2D eigenvalue weighted by Crippen LogP contribution is 2.46. The Labute approximate surface area is 213 Å². The van der Waals surface area contributed by atoms with Crippen molar-refractivity contribution < 1.29 is 23.5 Å². The van der Waals surface area contributed by atoms with Crippen molar-refractivity contribution in [2.45, 2.75) is 30.9 Å². The molecule has 1 saturated heterocycles. The Morgan fingerprint density at radius 3 is 2.64 bits per heavy atom. The van der Waals surface area contributed by atoms with Crippen LogP contribution in [0, 0.1) is 5.82 Å². The van der Waals surface area contributed by atoms with Crippen molar-refractivity contribution in [2.75, 3.05) is 25.1 Å². The van der Waals surface area contributed by atoms with Crippen LogP contribution in [0.5, 0.6) is 5.75 Å². The number of pyridine rings is 1. The molecular weight excluding hydrogens is 485 g/mol. The molecule has 1 saturated carbocycles. The number of carbonyl (C=O) groups excluding carboxylic acids is 2. The smallest absolute Gasteiger partial charge is 0.337 e. The number of amides is 1. The van der Waals surface area contributed by atoms with Crippen LogP contribution in [-0.2, 0) is 10.3 Å². The average Bonchev–Trinajstić information content (AvgIpc) is 3.52. The number of halogens is 2. The van der Waals surface area contributed by atoms with Crippen LogP contribution in [-0.4, -0.2) is 43.2 Å². The van der Waals surface area contributed by atoms with Gasteiger partial charge in [0, 0.05) is 25.2 Å². The molecule has 0 radical (unpaired) electrons. The molecule has 1 unspecified atom stereocenters. The Morgan fingerprint density at radius 2 is 1.94 bits per heavy atom. The first-order chi connectivity index (χ1) is 17.4. The normalized spacial score (nSPS) is 18.0. The zero-order valence-electron chi connectivity index (χ0n) is 19.7. The third-order valence-corrected chi connectivity index (χ3v) is 6.79. The standard InChI is InChI=1S/C27H25ClFN3O4/c1-35-26(34)17-5-7-18(8-6-17)27(10-11-27)31-25(33)23-13-19(28)15-30-24(23)32-12-9-22(16-32)36-21-4-2-3-20(29)14-21/h2-8,13-15,22H,9-12,16H2,1H3,(H,31,33). The number of ether oxygens (including phenoxy) is 2. The van der Waals surface area contributed by atoms with Crippen LogP contribution in [0.25, 0.3) is 0 Å². The molecule has 36 heavy (non-hydrogen) atoms. The van der Waals surface area contributed by atoms with Crippen molar-refractivity contribution in [3.63, 3.8) is 0 Å². The summed E-state index contributed by atoms with van der Waals surface area (Å²) in [7, 11) is 1.34. The molecule has 1 aliphatic heterocycles. The molecule has 1 N–H and O–H groups in total. The second kappa shape index (κ2) is 9.78. The number of nitrogens with zero attached hydrogens (tertiary/aromatic N) is 2. The Kier molecular flexibility index (Phi) is 6.53. The maximum absolute atomic E-state index is 13.5. The molecule has 2 heterocycles. The fourth-order valence-electron chi connectivity index (χ4n) is 4.54. The van der Waals surface area contributed by atoms with E-state index < -0.39 is 11.5 Å². The number of carbonyl (C=O) groups is 2. The summed E-state index contributed by atoms with van der Waals surface area (Å²) in [6, 6.07) is 14.7. The summed E-state index contributed by atoms with van der Waals surface area (Å²) in [4.78, 5) is 31.7. The quantitative estimate of drug-likeness (QED) is 0.463. The predicted octanol–water partition coefficient (Wildman–Crippen LogP) is 4.74. The number of benzene rings is 2. The van der Waals surface area contributed by atoms with Crippen molar-refractivity contribution >= 4 is 29.3 Å². The molecule has 2 fully saturated rings. The number of esters is 1. The molecule has 0 spiro atoms. The number of aromatic nitrogens is 1. The van der Waals surface area contributed by atoms with Gasteiger partial charge in [-0.15, -0.1) is 0 Å². The monoisotopic (exact) mass is 509 g/mol. The van der Waals surface area contributed by atoms with E-state index in [0.717, 1.165) is 18.4 Å². The van der Waals surface area contributed by atoms with Crippen LogP contribution >= 0.6 is 11.6 Å². The van der Waals surface area contributed by atoms with Gasteiger partial charge < -0.3 is 19.7 Å². The van der Waals surface area contributed by atoms with Gasteiger partial charge >= 0.3 is 5.97 Å². The summed E-state index contributed by atoms with van der Waals surface area (Å²) in [6.45, 7) is 1.14. The minimum atomic E-state index is -0.501. The van der Waals surface area contributed by atoms with Crippen LogP contribution < -0.4 is 15.0 Å². The Hall–Kier alpha value is -3.65. The average molecular weight is 510 g/mol. The highest BCUT2D eigenvalue weighted by Gasteiger charge is 2.46. The number of nitrogens with one attached hydrogen (secondary N) is 1. The summed E-state index contributed by atoms with van der Waals surface area (Å²) >= 11 is 6.22. The Morgan fingerprint density at radius 1 is 1.17 bits per heavy atom. The van der Waals surface area contributed by atoms with E-state index in [1.54, 1.807) is 30.3 Å². The minimum absolute atomic E-state index is 0.164. The van der Waals surface area contributed by atoms with Crippen LogP contribution in [0.4, 0.5) is 10.2 Å². The van der Waals surface area contributed by atoms with Crippen LogP contribution in [0.1, 0.15) is 45.5 Å². The van der Waals surface area contributed by atoms with E-state index in [0.29, 0.717) is 47.2 Å². The highest BCUT2D eigenvalue weighted by molar-refractivity contribution is 6.31. The molecular formula is C27H25ClFN3O4. The van der Waals surface area contributed by atoms with Crippen molar-refractivity contribution in [1.82, 2.24) is 10.3 Å². The SMILES string of the molecule is COC(=O)c1ccc(C2(NC(=O)c3cc(Cl)cnc3N3CCC(Oc4cccc(F)c4)C3)CC2)cc1. The number of anilines is 1. The third kappa shape index (κ3) is 4.99. The van der Waals surface area contributed by atoms with E-state index in [-0.39, 0.29) is 17.8 Å². The van der Waals surface area contributed by atoms with Gasteiger partial charge in [0.25, 0.3) is 5.91 Å². The van der Waals surface area contributed by atoms with E-state index in [1.807, 2.05) is 17.0 Å². The Bertz CT molecular complexity index is 1300. The Balaban J connectivity index is 1.31. The maximum atomic E-state index is 13.5. The number of hydrogen-bond donors (Lipinski definition) is 1. The maximum Gasteiger partial charge on any atom is 0.337 e. The molecule has 2 aliphatic rings. The van der Waals surface area contributed by atoms with E-state index in [4.69, 9.17) is 21.1 Å². The molecule has 7 nitrogen and oxygen atoms in total. The van der Waals surface area contributed by atoms with Crippen LogP contribution in [0.15, 0.2) is 60.8 Å². The van der Waals surface area contributed by atoms with E-state index in [1.165, 1.54) is 25.4 Å². The zero-order valence-corrected chi connectivity index (χ0v) is 20.4. The zero-order chi connectivity index (χ0) is 25.3. The lowest BCUT2D eigenvalue weighted by molar-refractivity contribution is 0.0600. The largest absolute Gasteiger partial charge is 0.488 e. The topological polar surface area (TPSA) is 80.8 Å². The first-order valence-electron chi connectivity index (χ1n) is 11.7. The van der Waals surface area contributed by atoms with E-state index in [2.05, 4.69) is 10.3 Å². The molecule has 5 rings (SSSR count). The number of rotatable bonds is 7. The van der Waals surface area contributed by atoms with E-state index in [9.17, 15) is 14.0 Å². The van der Waals surface area contributed by atoms with Crippen molar-refractivity contribution in [2.24, 2.45) is 0 Å². The van der Waals surface area contributed by atoms with Gasteiger partial charge in [0.05, 0.1) is 35.3 Å². The van der Waals surface area contributed by atoms with Gasteiger partial charge in [-0.2, -0.15) is 0 Å². The fourth-order valence-corrected chi connectivity index (χ4v) is 4.70. The number of methoxy groups -OCH3 is 1. The molecule has 1 amide bonds. The molecule has 9 heteroatoms. The second-order valence-corrected chi connectivity index (χ2v) is 9.50. The molecule has 2 aromatic carbocycles. The molecule has 1 aromatic heterocycles. The molecule has 3 aromatic rings. The first kappa shape index (κ1) is 24.1. The molecule has 1 atom stereocenters. The summed E-state index contributed by atoms with van der Waals surface area (Å²) in [5.74, 6) is -0.0362. The van der Waals surface area contributed by atoms with Gasteiger partial charge in [-0.3, -0.25) is 4.79 Å². The summed E-state index contributed by atoms with van der Waals surface area (Å²) in [5.41, 5.74) is 1.25. The molecule has 1 aliphatic carbocycles.